The van der Waals surface area contributed by atoms with Crippen molar-refractivity contribution < 1.29 is 4.74 Å². The Morgan fingerprint density at radius 1 is 1.00 bits per heavy atom. The van der Waals surface area contributed by atoms with E-state index < -0.39 is 0 Å². The Labute approximate surface area is 186 Å². The van der Waals surface area contributed by atoms with Crippen molar-refractivity contribution in [2.75, 3.05) is 6.61 Å². The van der Waals surface area contributed by atoms with E-state index in [0.717, 1.165) is 16.9 Å². The van der Waals surface area contributed by atoms with Gasteiger partial charge in [-0.15, -0.1) is 10.2 Å². The smallest absolute Gasteiger partial charge is 0.262 e. The number of benzene rings is 3. The van der Waals surface area contributed by atoms with Crippen LogP contribution in [0.25, 0.3) is 16.6 Å². The minimum atomic E-state index is -0.149. The summed E-state index contributed by atoms with van der Waals surface area (Å²) in [6, 6.07) is 25.1. The molecule has 3 aromatic carbocycles. The van der Waals surface area contributed by atoms with Crippen molar-refractivity contribution in [3.05, 3.63) is 106 Å². The van der Waals surface area contributed by atoms with Gasteiger partial charge in [0.1, 0.15) is 5.75 Å². The lowest BCUT2D eigenvalue weighted by Gasteiger charge is -2.06. The number of aromatic nitrogens is 2. The second-order valence-corrected chi connectivity index (χ2v) is 7.23. The summed E-state index contributed by atoms with van der Waals surface area (Å²) in [6.45, 7) is 2.61. The highest BCUT2D eigenvalue weighted by Crippen LogP contribution is 2.21. The first-order valence-electron chi connectivity index (χ1n) is 10.5. The summed E-state index contributed by atoms with van der Waals surface area (Å²) in [4.78, 5) is 17.2. The molecule has 0 saturated carbocycles. The van der Waals surface area contributed by atoms with Crippen molar-refractivity contribution >= 4 is 22.5 Å². The van der Waals surface area contributed by atoms with Crippen LogP contribution >= 0.6 is 0 Å². The Kier molecular flexibility index (Phi) is 6.51. The first-order valence-corrected chi connectivity index (χ1v) is 10.5. The summed E-state index contributed by atoms with van der Waals surface area (Å²) >= 11 is 0. The van der Waals surface area contributed by atoms with Crippen LogP contribution in [0, 0.1) is 0 Å². The van der Waals surface area contributed by atoms with Gasteiger partial charge in [-0.25, -0.2) is 4.98 Å². The van der Waals surface area contributed by atoms with Gasteiger partial charge in [0.15, 0.2) is 0 Å². The van der Waals surface area contributed by atoms with Gasteiger partial charge in [0, 0.05) is 12.6 Å². The topological polar surface area (TPSA) is 68.8 Å². The zero-order valence-electron chi connectivity index (χ0n) is 18.1. The average molecular weight is 425 g/mol. The Balaban J connectivity index is 1.66. The minimum Gasteiger partial charge on any atom is -0.494 e. The molecule has 6 heteroatoms. The lowest BCUT2D eigenvalue weighted by molar-refractivity contribution is 0.340. The molecule has 0 saturated heterocycles. The second kappa shape index (κ2) is 9.83. The SMILES string of the molecule is CCOc1ccc(C/C=C(\N=Nc2nc3ccccc3c(=O)n2C)c2ccccc2)cc1. The maximum Gasteiger partial charge on any atom is 0.262 e. The molecule has 4 rings (SSSR count). The standard InChI is InChI=1S/C26H24N4O2/c1-3-32-21-16-13-19(14-17-21)15-18-23(20-9-5-4-6-10-20)28-29-26-27-24-12-8-7-11-22(24)25(31)30(26)2/h4-14,16-18H,3,15H2,1-2H3/b23-18-,29-28?. The van der Waals surface area contributed by atoms with Gasteiger partial charge in [-0.3, -0.25) is 9.36 Å². The zero-order valence-corrected chi connectivity index (χ0v) is 18.1. The number of nitrogens with zero attached hydrogens (tertiary/aromatic N) is 4. The minimum absolute atomic E-state index is 0.149. The summed E-state index contributed by atoms with van der Waals surface area (Å²) in [6.07, 6.45) is 2.70. The molecular formula is C26H24N4O2. The van der Waals surface area contributed by atoms with E-state index in [2.05, 4.69) is 15.2 Å². The van der Waals surface area contributed by atoms with E-state index in [4.69, 9.17) is 4.74 Å². The molecule has 0 radical (unpaired) electrons. The van der Waals surface area contributed by atoms with E-state index in [1.807, 2.05) is 79.7 Å². The lowest BCUT2D eigenvalue weighted by atomic mass is 10.1. The summed E-state index contributed by atoms with van der Waals surface area (Å²) < 4.78 is 6.93. The molecule has 0 spiro atoms. The van der Waals surface area contributed by atoms with E-state index in [0.29, 0.717) is 29.6 Å². The molecule has 160 valence electrons. The molecule has 0 fully saturated rings. The Hall–Kier alpha value is -4.06. The van der Waals surface area contributed by atoms with Crippen molar-refractivity contribution in [1.82, 2.24) is 9.55 Å². The van der Waals surface area contributed by atoms with Gasteiger partial charge in [0.25, 0.3) is 11.5 Å². The predicted molar refractivity (Wildman–Crippen MR) is 127 cm³/mol. The van der Waals surface area contributed by atoms with E-state index in [1.165, 1.54) is 4.57 Å². The molecule has 0 aliphatic carbocycles. The van der Waals surface area contributed by atoms with E-state index >= 15 is 0 Å². The second-order valence-electron chi connectivity index (χ2n) is 7.23. The van der Waals surface area contributed by atoms with Crippen LogP contribution in [0.2, 0.25) is 0 Å². The van der Waals surface area contributed by atoms with Gasteiger partial charge in [-0.05, 0) is 43.2 Å². The highest BCUT2D eigenvalue weighted by molar-refractivity contribution is 5.78. The maximum atomic E-state index is 12.6. The van der Waals surface area contributed by atoms with E-state index in [9.17, 15) is 4.79 Å². The molecule has 0 aliphatic rings. The van der Waals surface area contributed by atoms with Crippen LogP contribution in [0.4, 0.5) is 5.95 Å². The molecule has 32 heavy (non-hydrogen) atoms. The number of hydrogen-bond donors (Lipinski definition) is 0. The summed E-state index contributed by atoms with van der Waals surface area (Å²) in [7, 11) is 1.65. The Bertz CT molecular complexity index is 1320. The fourth-order valence-corrected chi connectivity index (χ4v) is 3.32. The van der Waals surface area contributed by atoms with Gasteiger partial charge in [-0.1, -0.05) is 60.7 Å². The fraction of sp³-hybridized carbons (Fsp3) is 0.154. The number of hydrogen-bond acceptors (Lipinski definition) is 5. The molecule has 1 heterocycles. The van der Waals surface area contributed by atoms with Crippen LogP contribution in [0.5, 0.6) is 5.75 Å². The molecule has 6 nitrogen and oxygen atoms in total. The number of fused-ring (bicyclic) bond motifs is 1. The number of azo groups is 1. The van der Waals surface area contributed by atoms with Crippen LogP contribution < -0.4 is 10.3 Å². The van der Waals surface area contributed by atoms with Crippen LogP contribution in [0.3, 0.4) is 0 Å². The number of para-hydroxylation sites is 1. The quantitative estimate of drug-likeness (QED) is 0.357. The first kappa shape index (κ1) is 21.2. The largest absolute Gasteiger partial charge is 0.494 e. The van der Waals surface area contributed by atoms with Crippen molar-refractivity contribution in [3.8, 4) is 5.75 Å². The van der Waals surface area contributed by atoms with E-state index in [-0.39, 0.29) is 11.5 Å². The molecule has 0 amide bonds. The van der Waals surface area contributed by atoms with Gasteiger partial charge >= 0.3 is 0 Å². The summed E-state index contributed by atoms with van der Waals surface area (Å²) in [5.41, 5.74) is 3.23. The normalized spacial score (nSPS) is 11.9. The molecule has 0 aliphatic heterocycles. The number of allylic oxidation sites excluding steroid dienone is 1. The van der Waals surface area contributed by atoms with Crippen molar-refractivity contribution in [2.45, 2.75) is 13.3 Å². The van der Waals surface area contributed by atoms with E-state index in [1.54, 1.807) is 19.2 Å². The maximum absolute atomic E-state index is 12.6. The molecule has 0 bridgehead atoms. The Morgan fingerprint density at radius 3 is 2.47 bits per heavy atom. The third-order valence-electron chi connectivity index (χ3n) is 5.04. The highest BCUT2D eigenvalue weighted by Gasteiger charge is 2.08. The van der Waals surface area contributed by atoms with Crippen molar-refractivity contribution in [3.63, 3.8) is 0 Å². The van der Waals surface area contributed by atoms with Crippen LogP contribution in [-0.4, -0.2) is 16.2 Å². The molecule has 4 aromatic rings. The predicted octanol–water partition coefficient (Wildman–Crippen LogP) is 5.70. The van der Waals surface area contributed by atoms with Crippen molar-refractivity contribution in [2.24, 2.45) is 17.3 Å². The lowest BCUT2D eigenvalue weighted by Crippen LogP contribution is -2.17. The van der Waals surface area contributed by atoms with Gasteiger partial charge in [0.2, 0.25) is 0 Å². The first-order chi connectivity index (χ1) is 15.7. The van der Waals surface area contributed by atoms with Crippen LogP contribution in [-0.2, 0) is 13.5 Å². The summed E-state index contributed by atoms with van der Waals surface area (Å²) in [5.74, 6) is 1.11. The fourth-order valence-electron chi connectivity index (χ4n) is 3.32. The highest BCUT2D eigenvalue weighted by atomic mass is 16.5. The number of rotatable bonds is 7. The number of ether oxygens (including phenoxy) is 1. The van der Waals surface area contributed by atoms with Gasteiger partial charge in [0.05, 0.1) is 23.2 Å². The van der Waals surface area contributed by atoms with Gasteiger partial charge < -0.3 is 4.74 Å². The molecule has 0 unspecified atom stereocenters. The van der Waals surface area contributed by atoms with Crippen LogP contribution in [0.15, 0.2) is 100.0 Å². The zero-order chi connectivity index (χ0) is 22.3. The average Bonchev–Trinajstić information content (AvgIpc) is 2.84. The molecular weight excluding hydrogens is 400 g/mol. The molecule has 1 aromatic heterocycles. The van der Waals surface area contributed by atoms with Crippen LogP contribution in [0.1, 0.15) is 18.1 Å². The molecule has 0 atom stereocenters. The molecule has 0 N–H and O–H groups in total. The monoisotopic (exact) mass is 424 g/mol. The Morgan fingerprint density at radius 2 is 1.72 bits per heavy atom. The third kappa shape index (κ3) is 4.81. The third-order valence-corrected chi connectivity index (χ3v) is 5.04. The summed E-state index contributed by atoms with van der Waals surface area (Å²) in [5, 5.41) is 9.37. The van der Waals surface area contributed by atoms with Crippen molar-refractivity contribution in [1.29, 1.82) is 0 Å². The van der Waals surface area contributed by atoms with Gasteiger partial charge in [-0.2, -0.15) is 0 Å².